The molecular weight excluding hydrogens is 258 g/mol. The largest absolute Gasteiger partial charge is 0.497 e. The van der Waals surface area contributed by atoms with Crippen LogP contribution in [0.4, 0.5) is 0 Å². The molecule has 5 heteroatoms. The van der Waals surface area contributed by atoms with Crippen LogP contribution < -0.4 is 14.8 Å². The van der Waals surface area contributed by atoms with E-state index in [1.807, 2.05) is 19.1 Å². The summed E-state index contributed by atoms with van der Waals surface area (Å²) in [5.74, 6) is 1.41. The van der Waals surface area contributed by atoms with E-state index in [-0.39, 0.29) is 12.0 Å². The van der Waals surface area contributed by atoms with Crippen LogP contribution in [0.1, 0.15) is 26.2 Å². The lowest BCUT2D eigenvalue weighted by Crippen LogP contribution is -2.28. The maximum absolute atomic E-state index is 11.5. The van der Waals surface area contributed by atoms with E-state index in [1.54, 1.807) is 19.2 Å². The predicted molar refractivity (Wildman–Crippen MR) is 77.0 cm³/mol. The molecule has 0 aliphatic heterocycles. The van der Waals surface area contributed by atoms with Gasteiger partial charge in [0.25, 0.3) is 0 Å². The van der Waals surface area contributed by atoms with Crippen LogP contribution in [0.2, 0.25) is 0 Å². The number of carbonyl (C=O) groups excluding carboxylic acids is 1. The average molecular weight is 281 g/mol. The summed E-state index contributed by atoms with van der Waals surface area (Å²) in [5, 5.41) is 12.1. The minimum absolute atomic E-state index is 0.0678. The predicted octanol–water partition coefficient (Wildman–Crippen LogP) is 1.74. The highest BCUT2D eigenvalue weighted by Gasteiger charge is 2.04. The van der Waals surface area contributed by atoms with E-state index in [4.69, 9.17) is 9.47 Å². The first-order valence-corrected chi connectivity index (χ1v) is 6.87. The van der Waals surface area contributed by atoms with E-state index in [0.29, 0.717) is 38.2 Å². The molecule has 1 atom stereocenters. The van der Waals surface area contributed by atoms with Crippen LogP contribution in [-0.4, -0.2) is 37.4 Å². The molecule has 0 aromatic heterocycles. The number of benzene rings is 1. The van der Waals surface area contributed by atoms with Crippen LogP contribution in [0.15, 0.2) is 24.3 Å². The fraction of sp³-hybridized carbons (Fsp3) is 0.533. The highest BCUT2D eigenvalue weighted by Crippen LogP contribution is 2.16. The molecule has 0 fully saturated rings. The lowest BCUT2D eigenvalue weighted by Gasteiger charge is -2.09. The Hall–Kier alpha value is -1.75. The molecule has 1 unspecified atom stereocenters. The topological polar surface area (TPSA) is 67.8 Å². The number of rotatable bonds is 9. The Labute approximate surface area is 119 Å². The summed E-state index contributed by atoms with van der Waals surface area (Å²) >= 11 is 0. The summed E-state index contributed by atoms with van der Waals surface area (Å²) in [6.07, 6.45) is 1.25. The van der Waals surface area contributed by atoms with Gasteiger partial charge >= 0.3 is 0 Å². The van der Waals surface area contributed by atoms with Gasteiger partial charge in [0, 0.05) is 6.54 Å². The Balaban J connectivity index is 2.14. The van der Waals surface area contributed by atoms with Gasteiger partial charge in [-0.25, -0.2) is 0 Å². The first-order valence-electron chi connectivity index (χ1n) is 6.87. The summed E-state index contributed by atoms with van der Waals surface area (Å²) in [6.45, 7) is 2.74. The third-order valence-electron chi connectivity index (χ3n) is 2.93. The molecule has 0 bridgehead atoms. The number of hydrogen-bond acceptors (Lipinski definition) is 4. The molecule has 0 saturated carbocycles. The Kier molecular flexibility index (Phi) is 7.50. The van der Waals surface area contributed by atoms with Crippen LogP contribution in [-0.2, 0) is 4.79 Å². The summed E-state index contributed by atoms with van der Waals surface area (Å²) in [5.41, 5.74) is 0. The lowest BCUT2D eigenvalue weighted by atomic mass is 10.2. The minimum atomic E-state index is -0.342. The summed E-state index contributed by atoms with van der Waals surface area (Å²) in [4.78, 5) is 11.5. The number of methoxy groups -OCH3 is 1. The van der Waals surface area contributed by atoms with Crippen LogP contribution in [0.25, 0.3) is 0 Å². The van der Waals surface area contributed by atoms with Crippen molar-refractivity contribution in [2.45, 2.75) is 32.3 Å². The second-order valence-electron chi connectivity index (χ2n) is 4.47. The van der Waals surface area contributed by atoms with Crippen LogP contribution >= 0.6 is 0 Å². The van der Waals surface area contributed by atoms with Gasteiger partial charge in [0.05, 0.1) is 26.2 Å². The van der Waals surface area contributed by atoms with Gasteiger partial charge in [-0.2, -0.15) is 0 Å². The Bertz CT molecular complexity index is 391. The van der Waals surface area contributed by atoms with Gasteiger partial charge in [-0.1, -0.05) is 6.92 Å². The van der Waals surface area contributed by atoms with Gasteiger partial charge in [0.1, 0.15) is 11.5 Å². The fourth-order valence-electron chi connectivity index (χ4n) is 1.60. The van der Waals surface area contributed by atoms with Crippen LogP contribution in [0.3, 0.4) is 0 Å². The van der Waals surface area contributed by atoms with Crippen molar-refractivity contribution in [3.05, 3.63) is 24.3 Å². The molecule has 1 amide bonds. The van der Waals surface area contributed by atoms with Crippen molar-refractivity contribution < 1.29 is 19.4 Å². The third kappa shape index (κ3) is 6.43. The van der Waals surface area contributed by atoms with E-state index in [2.05, 4.69) is 5.32 Å². The molecule has 0 heterocycles. The van der Waals surface area contributed by atoms with Crippen molar-refractivity contribution in [1.29, 1.82) is 0 Å². The van der Waals surface area contributed by atoms with E-state index < -0.39 is 0 Å². The second-order valence-corrected chi connectivity index (χ2v) is 4.47. The van der Waals surface area contributed by atoms with E-state index in [0.717, 1.165) is 5.75 Å². The first kappa shape index (κ1) is 16.3. The van der Waals surface area contributed by atoms with E-state index in [9.17, 15) is 9.90 Å². The summed E-state index contributed by atoms with van der Waals surface area (Å²) in [7, 11) is 1.61. The number of nitrogens with one attached hydrogen (secondary N) is 1. The van der Waals surface area contributed by atoms with Crippen LogP contribution in [0, 0.1) is 0 Å². The fourth-order valence-corrected chi connectivity index (χ4v) is 1.60. The molecule has 0 aliphatic carbocycles. The Morgan fingerprint density at radius 2 is 1.95 bits per heavy atom. The molecule has 20 heavy (non-hydrogen) atoms. The maximum Gasteiger partial charge on any atom is 0.223 e. The average Bonchev–Trinajstić information content (AvgIpc) is 2.47. The summed E-state index contributed by atoms with van der Waals surface area (Å²) in [6, 6.07) is 7.21. The van der Waals surface area contributed by atoms with E-state index >= 15 is 0 Å². The first-order chi connectivity index (χ1) is 9.65. The smallest absolute Gasteiger partial charge is 0.223 e. The van der Waals surface area contributed by atoms with Gasteiger partial charge in [-0.05, 0) is 37.1 Å². The molecule has 0 radical (unpaired) electrons. The monoisotopic (exact) mass is 281 g/mol. The maximum atomic E-state index is 11.5. The van der Waals surface area contributed by atoms with Gasteiger partial charge in [-0.15, -0.1) is 0 Å². The quantitative estimate of drug-likeness (QED) is 0.723. The number of carbonyl (C=O) groups is 1. The van der Waals surface area contributed by atoms with Gasteiger partial charge in [0.2, 0.25) is 5.91 Å². The zero-order chi connectivity index (χ0) is 14.8. The van der Waals surface area contributed by atoms with Gasteiger partial charge in [0.15, 0.2) is 0 Å². The van der Waals surface area contributed by atoms with Crippen molar-refractivity contribution in [2.24, 2.45) is 0 Å². The lowest BCUT2D eigenvalue weighted by molar-refractivity contribution is -0.121. The molecule has 1 aromatic carbocycles. The molecule has 1 aromatic rings. The molecule has 0 aliphatic rings. The number of aliphatic hydroxyl groups excluding tert-OH is 1. The number of ether oxygens (including phenoxy) is 2. The molecule has 112 valence electrons. The minimum Gasteiger partial charge on any atom is -0.497 e. The molecular formula is C15H23NO4. The SMILES string of the molecule is CCC(O)CCNC(=O)CCOc1ccc(OC)cc1. The second kappa shape index (κ2) is 9.20. The van der Waals surface area contributed by atoms with Crippen molar-refractivity contribution in [2.75, 3.05) is 20.3 Å². The highest BCUT2D eigenvalue weighted by molar-refractivity contribution is 5.75. The van der Waals surface area contributed by atoms with Gasteiger partial charge in [-0.3, -0.25) is 4.79 Å². The Morgan fingerprint density at radius 3 is 2.55 bits per heavy atom. The normalized spacial score (nSPS) is 11.8. The van der Waals surface area contributed by atoms with E-state index in [1.165, 1.54) is 0 Å². The van der Waals surface area contributed by atoms with Crippen molar-refractivity contribution in [3.8, 4) is 11.5 Å². The van der Waals surface area contributed by atoms with Gasteiger partial charge < -0.3 is 19.9 Å². The molecule has 5 nitrogen and oxygen atoms in total. The van der Waals surface area contributed by atoms with Crippen LogP contribution in [0.5, 0.6) is 11.5 Å². The molecule has 0 spiro atoms. The number of aliphatic hydroxyl groups is 1. The molecule has 2 N–H and O–H groups in total. The van der Waals surface area contributed by atoms with Crippen molar-refractivity contribution in [3.63, 3.8) is 0 Å². The van der Waals surface area contributed by atoms with Crippen molar-refractivity contribution in [1.82, 2.24) is 5.32 Å². The zero-order valence-electron chi connectivity index (χ0n) is 12.1. The standard InChI is InChI=1S/C15H23NO4/c1-3-12(17)8-10-16-15(18)9-11-20-14-6-4-13(19-2)5-7-14/h4-7,12,17H,3,8-11H2,1-2H3,(H,16,18). The molecule has 0 saturated heterocycles. The Morgan fingerprint density at radius 1 is 1.30 bits per heavy atom. The highest BCUT2D eigenvalue weighted by atomic mass is 16.5. The number of hydrogen-bond donors (Lipinski definition) is 2. The molecule has 1 rings (SSSR count). The summed E-state index contributed by atoms with van der Waals surface area (Å²) < 4.78 is 10.5. The zero-order valence-corrected chi connectivity index (χ0v) is 12.1. The van der Waals surface area contributed by atoms with Crippen molar-refractivity contribution >= 4 is 5.91 Å². The third-order valence-corrected chi connectivity index (χ3v) is 2.93. The number of amides is 1.